The molecule has 0 saturated heterocycles. The molecule has 1 heterocycles. The normalized spacial score (nSPS) is 11.1. The summed E-state index contributed by atoms with van der Waals surface area (Å²) in [6.45, 7) is 0. The van der Waals surface area contributed by atoms with Gasteiger partial charge in [-0.25, -0.2) is 4.99 Å². The number of aliphatic imine (C=N–C) groups is 1. The van der Waals surface area contributed by atoms with Crippen molar-refractivity contribution in [3.05, 3.63) is 217 Å². The molecule has 1 aromatic heterocycles. The molecule has 3 heteroatoms. The van der Waals surface area contributed by atoms with E-state index in [4.69, 9.17) is 4.99 Å². The van der Waals surface area contributed by atoms with Gasteiger partial charge in [0.2, 0.25) is 0 Å². The summed E-state index contributed by atoms with van der Waals surface area (Å²) >= 11 is 1.76. The van der Waals surface area contributed by atoms with Crippen LogP contribution in [0.15, 0.2) is 205 Å². The Labute approximate surface area is 313 Å². The summed E-state index contributed by atoms with van der Waals surface area (Å²) in [5, 5.41) is 11.6. The van der Waals surface area contributed by atoms with E-state index in [-0.39, 0.29) is 5.84 Å². The molecule has 1 N–H and O–H groups in total. The summed E-state index contributed by atoms with van der Waals surface area (Å²) in [6, 6.07) is 70.2. The third-order valence-corrected chi connectivity index (χ3v) is 10.9. The van der Waals surface area contributed by atoms with Crippen LogP contribution in [0, 0.1) is 5.41 Å². The third kappa shape index (κ3) is 6.40. The van der Waals surface area contributed by atoms with Gasteiger partial charge in [0.25, 0.3) is 0 Å². The minimum absolute atomic E-state index is 0.249. The number of hydrogen-bond donors (Lipinski definition) is 1. The van der Waals surface area contributed by atoms with E-state index in [1.54, 1.807) is 11.3 Å². The average Bonchev–Trinajstić information content (AvgIpc) is 3.62. The second-order valence-electron chi connectivity index (χ2n) is 13.1. The van der Waals surface area contributed by atoms with E-state index in [2.05, 4.69) is 152 Å². The Bertz CT molecular complexity index is 2740. The van der Waals surface area contributed by atoms with Crippen molar-refractivity contribution < 1.29 is 0 Å². The molecule has 0 aliphatic heterocycles. The van der Waals surface area contributed by atoms with Crippen LogP contribution in [-0.4, -0.2) is 11.5 Å². The van der Waals surface area contributed by atoms with E-state index in [9.17, 15) is 5.41 Å². The first-order valence-electron chi connectivity index (χ1n) is 17.8. The summed E-state index contributed by atoms with van der Waals surface area (Å²) in [5.74, 6) is 0.249. The molecule has 0 atom stereocenters. The fourth-order valence-corrected chi connectivity index (χ4v) is 8.32. The summed E-state index contributed by atoms with van der Waals surface area (Å²) in [5.41, 5.74) is 13.1. The van der Waals surface area contributed by atoms with E-state index in [1.807, 2.05) is 48.5 Å². The van der Waals surface area contributed by atoms with Crippen LogP contribution in [0.1, 0.15) is 16.7 Å². The van der Waals surface area contributed by atoms with Crippen molar-refractivity contribution in [1.82, 2.24) is 0 Å². The molecule has 0 unspecified atom stereocenters. The fraction of sp³-hybridized carbons (Fsp3) is 0. The molecule has 0 bridgehead atoms. The Kier molecular flexibility index (Phi) is 8.61. The number of hydrogen-bond acceptors (Lipinski definition) is 2. The molecule has 9 rings (SSSR count). The third-order valence-electron chi connectivity index (χ3n) is 9.78. The molecule has 0 aliphatic carbocycles. The molecule has 0 fully saturated rings. The van der Waals surface area contributed by atoms with E-state index in [0.29, 0.717) is 0 Å². The summed E-state index contributed by atoms with van der Waals surface area (Å²) in [6.07, 6.45) is 0. The molecule has 0 spiro atoms. The molecule has 53 heavy (non-hydrogen) atoms. The van der Waals surface area contributed by atoms with Crippen LogP contribution in [0.4, 0.5) is 0 Å². The van der Waals surface area contributed by atoms with Gasteiger partial charge in [-0.1, -0.05) is 170 Å². The van der Waals surface area contributed by atoms with Crippen molar-refractivity contribution in [2.45, 2.75) is 0 Å². The van der Waals surface area contributed by atoms with Gasteiger partial charge < -0.3 is 0 Å². The lowest BCUT2D eigenvalue weighted by Gasteiger charge is -2.12. The topological polar surface area (TPSA) is 36.2 Å². The highest BCUT2D eigenvalue weighted by atomic mass is 32.1. The van der Waals surface area contributed by atoms with E-state index in [1.165, 1.54) is 38.1 Å². The first-order valence-corrected chi connectivity index (χ1v) is 18.6. The number of fused-ring (bicyclic) bond motifs is 3. The highest BCUT2D eigenvalue weighted by molar-refractivity contribution is 7.25. The summed E-state index contributed by atoms with van der Waals surface area (Å²) < 4.78 is 2.34. The standard InChI is InChI=1S/C50H34N2S/c51-50(52-49(35-17-6-2-7-18-35)36-19-8-3-9-20-36)44-27-14-28-47-48(44)45-33-40(29-30-46(45)53-47)38-22-12-21-37(31-38)39-23-13-24-41(32-39)43-26-11-10-25-42(43)34-15-4-1-5-16-34/h1-33,51H. The minimum Gasteiger partial charge on any atom is -0.282 e. The van der Waals surface area contributed by atoms with Gasteiger partial charge in [0.15, 0.2) is 5.84 Å². The molecule has 9 aromatic rings. The molecule has 0 radical (unpaired) electrons. The highest BCUT2D eigenvalue weighted by Crippen LogP contribution is 2.40. The van der Waals surface area contributed by atoms with Crippen LogP contribution in [0.3, 0.4) is 0 Å². The van der Waals surface area contributed by atoms with Crippen LogP contribution in [0.2, 0.25) is 0 Å². The Morgan fingerprint density at radius 2 is 0.887 bits per heavy atom. The SMILES string of the molecule is N=C(N=C(c1ccccc1)c1ccccc1)c1cccc2sc3ccc(-c4cccc(-c5cccc(-c6ccccc6-c6ccccc6)c5)c4)cc3c12. The molecular weight excluding hydrogens is 661 g/mol. The van der Waals surface area contributed by atoms with Crippen LogP contribution < -0.4 is 0 Å². The van der Waals surface area contributed by atoms with Gasteiger partial charge in [-0.2, -0.15) is 0 Å². The lowest BCUT2D eigenvalue weighted by molar-refractivity contribution is 1.42. The first kappa shape index (κ1) is 32.2. The Morgan fingerprint density at radius 3 is 1.53 bits per heavy atom. The predicted molar refractivity (Wildman–Crippen MR) is 226 cm³/mol. The monoisotopic (exact) mass is 694 g/mol. The van der Waals surface area contributed by atoms with E-state index < -0.39 is 0 Å². The lowest BCUT2D eigenvalue weighted by Crippen LogP contribution is -2.08. The van der Waals surface area contributed by atoms with Gasteiger partial charge in [0.05, 0.1) is 5.71 Å². The van der Waals surface area contributed by atoms with Crippen LogP contribution >= 0.6 is 11.3 Å². The van der Waals surface area contributed by atoms with Crippen molar-refractivity contribution >= 4 is 43.1 Å². The van der Waals surface area contributed by atoms with E-state index >= 15 is 0 Å². The lowest BCUT2D eigenvalue weighted by atomic mass is 9.92. The number of thiophene rings is 1. The molecule has 8 aromatic carbocycles. The second kappa shape index (κ2) is 14.1. The smallest absolute Gasteiger partial charge is 0.153 e. The first-order chi connectivity index (χ1) is 26.2. The molecule has 250 valence electrons. The van der Waals surface area contributed by atoms with Crippen molar-refractivity contribution in [3.63, 3.8) is 0 Å². The van der Waals surface area contributed by atoms with Crippen molar-refractivity contribution in [2.75, 3.05) is 0 Å². The van der Waals surface area contributed by atoms with Crippen molar-refractivity contribution in [1.29, 1.82) is 5.41 Å². The molecule has 0 aliphatic rings. The number of rotatable bonds is 7. The zero-order valence-electron chi connectivity index (χ0n) is 28.9. The molecular formula is C50H34N2S. The molecule has 2 nitrogen and oxygen atoms in total. The Balaban J connectivity index is 1.10. The maximum Gasteiger partial charge on any atom is 0.153 e. The highest BCUT2D eigenvalue weighted by Gasteiger charge is 2.16. The minimum atomic E-state index is 0.249. The largest absolute Gasteiger partial charge is 0.282 e. The zero-order valence-corrected chi connectivity index (χ0v) is 29.7. The van der Waals surface area contributed by atoms with Gasteiger partial charge >= 0.3 is 0 Å². The maximum atomic E-state index is 9.35. The Hall–Kier alpha value is -6.68. The average molecular weight is 695 g/mol. The number of amidine groups is 1. The Morgan fingerprint density at radius 1 is 0.396 bits per heavy atom. The van der Waals surface area contributed by atoms with Crippen LogP contribution in [-0.2, 0) is 0 Å². The number of benzene rings is 8. The van der Waals surface area contributed by atoms with Crippen LogP contribution in [0.5, 0.6) is 0 Å². The second-order valence-corrected chi connectivity index (χ2v) is 14.2. The van der Waals surface area contributed by atoms with Crippen molar-refractivity contribution in [3.8, 4) is 44.5 Å². The van der Waals surface area contributed by atoms with Crippen LogP contribution in [0.25, 0.3) is 64.7 Å². The van der Waals surface area contributed by atoms with Gasteiger partial charge in [0, 0.05) is 36.9 Å². The van der Waals surface area contributed by atoms with Gasteiger partial charge in [-0.15, -0.1) is 11.3 Å². The van der Waals surface area contributed by atoms with E-state index in [0.717, 1.165) is 49.0 Å². The number of nitrogens with zero attached hydrogens (tertiary/aromatic N) is 1. The maximum absolute atomic E-state index is 9.35. The zero-order chi connectivity index (χ0) is 35.6. The van der Waals surface area contributed by atoms with Gasteiger partial charge in [0.1, 0.15) is 0 Å². The predicted octanol–water partition coefficient (Wildman–Crippen LogP) is 13.6. The number of nitrogens with one attached hydrogen (secondary N) is 1. The molecule has 0 saturated carbocycles. The fourth-order valence-electron chi connectivity index (χ4n) is 7.21. The molecule has 0 amide bonds. The van der Waals surface area contributed by atoms with Crippen molar-refractivity contribution in [2.24, 2.45) is 4.99 Å². The van der Waals surface area contributed by atoms with Gasteiger partial charge in [-0.05, 0) is 74.8 Å². The quantitative estimate of drug-likeness (QED) is 0.127. The summed E-state index contributed by atoms with van der Waals surface area (Å²) in [4.78, 5) is 5.01. The summed E-state index contributed by atoms with van der Waals surface area (Å²) in [7, 11) is 0. The van der Waals surface area contributed by atoms with Gasteiger partial charge in [-0.3, -0.25) is 5.41 Å².